The Balaban J connectivity index is 0.000000210. The van der Waals surface area contributed by atoms with Crippen LogP contribution in [0.2, 0.25) is 0 Å². The van der Waals surface area contributed by atoms with Crippen molar-refractivity contribution in [1.82, 2.24) is 0 Å². The van der Waals surface area contributed by atoms with Crippen LogP contribution in [-0.2, 0) is 14.4 Å². The van der Waals surface area contributed by atoms with Crippen LogP contribution in [0.25, 0.3) is 0 Å². The molecule has 0 saturated heterocycles. The Hall–Kier alpha value is -1.71. The van der Waals surface area contributed by atoms with E-state index in [-0.39, 0.29) is 0 Å². The summed E-state index contributed by atoms with van der Waals surface area (Å²) in [6.07, 6.45) is 10.7. The summed E-state index contributed by atoms with van der Waals surface area (Å²) < 4.78 is 0. The molecule has 9 N–H and O–H groups in total. The average Bonchev–Trinajstić information content (AvgIpc) is 3.27. The summed E-state index contributed by atoms with van der Waals surface area (Å²) in [5, 5.41) is 25.8. The van der Waals surface area contributed by atoms with Crippen molar-refractivity contribution in [3.63, 3.8) is 0 Å². The Morgan fingerprint density at radius 1 is 0.464 bits per heavy atom. The van der Waals surface area contributed by atoms with Crippen LogP contribution < -0.4 is 17.2 Å². The van der Waals surface area contributed by atoms with Crippen LogP contribution >= 0.6 is 0 Å². The van der Waals surface area contributed by atoms with Gasteiger partial charge in [-0.25, -0.2) is 0 Å². The summed E-state index contributed by atoms with van der Waals surface area (Å²) in [6, 6.07) is 0. The van der Waals surface area contributed by atoms with Crippen molar-refractivity contribution >= 4 is 17.9 Å². The van der Waals surface area contributed by atoms with E-state index < -0.39 is 34.5 Å². The topological polar surface area (TPSA) is 190 Å². The second-order valence-corrected chi connectivity index (χ2v) is 8.36. The minimum absolute atomic E-state index is 0.641. The van der Waals surface area contributed by atoms with Gasteiger partial charge in [-0.3, -0.25) is 14.4 Å². The van der Waals surface area contributed by atoms with E-state index in [1.165, 1.54) is 0 Å². The molecule has 3 saturated carbocycles. The van der Waals surface area contributed by atoms with Gasteiger partial charge < -0.3 is 32.5 Å². The van der Waals surface area contributed by atoms with Crippen molar-refractivity contribution in [3.8, 4) is 0 Å². The molecule has 3 rings (SSSR count). The Bertz CT molecular complexity index is 516. The van der Waals surface area contributed by atoms with Crippen molar-refractivity contribution in [2.45, 2.75) is 100 Å². The lowest BCUT2D eigenvalue weighted by atomic mass is 9.83. The van der Waals surface area contributed by atoms with Gasteiger partial charge in [0, 0.05) is 0 Å². The zero-order valence-electron chi connectivity index (χ0n) is 16.5. The van der Waals surface area contributed by atoms with Crippen LogP contribution in [0.4, 0.5) is 0 Å². The van der Waals surface area contributed by atoms with Gasteiger partial charge in [-0.2, -0.15) is 0 Å². The largest absolute Gasteiger partial charge is 0.480 e. The maximum Gasteiger partial charge on any atom is 0.323 e. The van der Waals surface area contributed by atoms with Gasteiger partial charge in [-0.1, -0.05) is 44.9 Å². The molecule has 0 atom stereocenters. The molecular weight excluding hydrogens is 366 g/mol. The maximum atomic E-state index is 10.6. The van der Waals surface area contributed by atoms with Crippen molar-refractivity contribution in [2.75, 3.05) is 0 Å². The molecule has 0 aliphatic heterocycles. The fourth-order valence-electron chi connectivity index (χ4n) is 3.84. The second-order valence-electron chi connectivity index (χ2n) is 8.36. The molecule has 9 nitrogen and oxygen atoms in total. The van der Waals surface area contributed by atoms with Gasteiger partial charge >= 0.3 is 17.9 Å². The highest BCUT2D eigenvalue weighted by Crippen LogP contribution is 2.28. The van der Waals surface area contributed by atoms with Gasteiger partial charge in [0.05, 0.1) is 0 Å². The third-order valence-corrected chi connectivity index (χ3v) is 6.02. The SMILES string of the molecule is NC1(C(=O)O)CCCC1.NC1(C(=O)O)CCCC1.NC1(C(=O)O)CCCCC1. The Morgan fingerprint density at radius 2 is 0.643 bits per heavy atom. The predicted molar refractivity (Wildman–Crippen MR) is 104 cm³/mol. The molecule has 28 heavy (non-hydrogen) atoms. The molecule has 0 radical (unpaired) electrons. The zero-order valence-corrected chi connectivity index (χ0v) is 16.5. The summed E-state index contributed by atoms with van der Waals surface area (Å²) in [5.41, 5.74) is 13.9. The van der Waals surface area contributed by atoms with E-state index in [1.54, 1.807) is 0 Å². The lowest BCUT2D eigenvalue weighted by Crippen LogP contribution is -2.49. The molecule has 0 bridgehead atoms. The molecule has 0 unspecified atom stereocenters. The number of carboxylic acids is 3. The maximum absolute atomic E-state index is 10.6. The van der Waals surface area contributed by atoms with Gasteiger partial charge in [0.15, 0.2) is 0 Å². The summed E-state index contributed by atoms with van der Waals surface area (Å²) >= 11 is 0. The van der Waals surface area contributed by atoms with E-state index in [4.69, 9.17) is 32.5 Å². The molecule has 0 spiro atoms. The summed E-state index contributed by atoms with van der Waals surface area (Å²) in [4.78, 5) is 31.3. The molecule has 162 valence electrons. The molecule has 0 aromatic carbocycles. The molecule has 3 aliphatic carbocycles. The zero-order chi connectivity index (χ0) is 21.4. The highest BCUT2D eigenvalue weighted by atomic mass is 16.4. The minimum atomic E-state index is -0.905. The minimum Gasteiger partial charge on any atom is -0.480 e. The Kier molecular flexibility index (Phi) is 8.84. The molecule has 0 heterocycles. The van der Waals surface area contributed by atoms with Gasteiger partial charge in [-0.05, 0) is 38.5 Å². The fourth-order valence-corrected chi connectivity index (χ4v) is 3.84. The number of aliphatic carboxylic acids is 3. The van der Waals surface area contributed by atoms with Gasteiger partial charge in [-0.15, -0.1) is 0 Å². The standard InChI is InChI=1S/C7H13NO2.2C6H11NO2/c8-7(6(9)10)4-2-1-3-5-7;2*7-6(5(8)9)3-1-2-4-6/h1-5,8H2,(H,9,10);2*1-4,7H2,(H,8,9). The Labute approximate surface area is 165 Å². The fraction of sp³-hybridized carbons (Fsp3) is 0.842. The van der Waals surface area contributed by atoms with E-state index in [2.05, 4.69) is 0 Å². The summed E-state index contributed by atoms with van der Waals surface area (Å²) in [7, 11) is 0. The molecular formula is C19H35N3O6. The number of rotatable bonds is 3. The molecule has 0 amide bonds. The smallest absolute Gasteiger partial charge is 0.323 e. The normalized spacial score (nSPS) is 24.1. The van der Waals surface area contributed by atoms with Crippen LogP contribution in [-0.4, -0.2) is 49.8 Å². The Morgan fingerprint density at radius 3 is 0.786 bits per heavy atom. The first-order valence-electron chi connectivity index (χ1n) is 10.0. The number of carbonyl (C=O) groups is 3. The molecule has 0 aromatic rings. The summed E-state index contributed by atoms with van der Waals surface area (Å²) in [5.74, 6) is -2.53. The number of hydrogen-bond acceptors (Lipinski definition) is 6. The van der Waals surface area contributed by atoms with Crippen molar-refractivity contribution < 1.29 is 29.7 Å². The second kappa shape index (κ2) is 10.2. The van der Waals surface area contributed by atoms with Crippen LogP contribution in [0.3, 0.4) is 0 Å². The van der Waals surface area contributed by atoms with E-state index in [0.717, 1.165) is 44.9 Å². The third kappa shape index (κ3) is 6.72. The van der Waals surface area contributed by atoms with Gasteiger partial charge in [0.25, 0.3) is 0 Å². The number of nitrogens with two attached hydrogens (primary N) is 3. The predicted octanol–water partition coefficient (Wildman–Crippen LogP) is 1.42. The van der Waals surface area contributed by atoms with Crippen molar-refractivity contribution in [2.24, 2.45) is 17.2 Å². The van der Waals surface area contributed by atoms with Gasteiger partial charge in [0.1, 0.15) is 16.6 Å². The van der Waals surface area contributed by atoms with E-state index in [0.29, 0.717) is 38.5 Å². The first kappa shape index (κ1) is 24.3. The third-order valence-electron chi connectivity index (χ3n) is 6.02. The summed E-state index contributed by atoms with van der Waals surface area (Å²) in [6.45, 7) is 0. The molecule has 3 aliphatic rings. The van der Waals surface area contributed by atoms with Crippen LogP contribution in [0, 0.1) is 0 Å². The van der Waals surface area contributed by atoms with Crippen molar-refractivity contribution in [1.29, 1.82) is 0 Å². The number of hydrogen-bond donors (Lipinski definition) is 6. The first-order valence-corrected chi connectivity index (χ1v) is 10.0. The van der Waals surface area contributed by atoms with E-state index >= 15 is 0 Å². The van der Waals surface area contributed by atoms with E-state index in [9.17, 15) is 14.4 Å². The number of carboxylic acid groups (broad SMARTS) is 3. The van der Waals surface area contributed by atoms with E-state index in [1.807, 2.05) is 0 Å². The highest BCUT2D eigenvalue weighted by molar-refractivity contribution is 5.79. The van der Waals surface area contributed by atoms with Crippen LogP contribution in [0.1, 0.15) is 83.5 Å². The first-order chi connectivity index (χ1) is 13.0. The van der Waals surface area contributed by atoms with Gasteiger partial charge in [0.2, 0.25) is 0 Å². The average molecular weight is 402 g/mol. The van der Waals surface area contributed by atoms with Crippen molar-refractivity contribution in [3.05, 3.63) is 0 Å². The lowest BCUT2D eigenvalue weighted by molar-refractivity contribution is -0.145. The molecule has 3 fully saturated rings. The molecule has 0 aromatic heterocycles. The quantitative estimate of drug-likeness (QED) is 0.406. The molecule has 9 heteroatoms. The highest BCUT2D eigenvalue weighted by Gasteiger charge is 2.37. The van der Waals surface area contributed by atoms with Crippen LogP contribution in [0.5, 0.6) is 0 Å². The van der Waals surface area contributed by atoms with Crippen LogP contribution in [0.15, 0.2) is 0 Å². The lowest BCUT2D eigenvalue weighted by Gasteiger charge is -2.28. The monoisotopic (exact) mass is 401 g/mol.